The van der Waals surface area contributed by atoms with Gasteiger partial charge in [0, 0.05) is 87.5 Å². The summed E-state index contributed by atoms with van der Waals surface area (Å²) in [6, 6.07) is -0.422. The van der Waals surface area contributed by atoms with Crippen molar-refractivity contribution in [2.75, 3.05) is 65.3 Å². The first-order valence-electron chi connectivity index (χ1n) is 31.8. The van der Waals surface area contributed by atoms with Crippen molar-refractivity contribution in [1.82, 2.24) is 42.5 Å². The second kappa shape index (κ2) is 34.4. The van der Waals surface area contributed by atoms with Gasteiger partial charge in [-0.25, -0.2) is 0 Å². The van der Waals surface area contributed by atoms with Gasteiger partial charge in [-0.15, -0.1) is 0 Å². The average molecular weight is 1270 g/mol. The molecule has 4 atom stereocenters. The van der Waals surface area contributed by atoms with E-state index >= 15 is 0 Å². The molecular weight excluding hydrogens is 1140 g/mol. The van der Waals surface area contributed by atoms with Crippen LogP contribution in [0.3, 0.4) is 0 Å². The molecular formula is C66H122N8O13S. The second-order valence-electron chi connectivity index (χ2n) is 32.5. The first-order chi connectivity index (χ1) is 39.9. The normalized spacial score (nSPS) is 28.2. The number of hydrogen-bond donors (Lipinski definition) is 10. The van der Waals surface area contributed by atoms with Gasteiger partial charge in [-0.2, -0.15) is 0 Å². The first kappa shape index (κ1) is 81.8. The van der Waals surface area contributed by atoms with Gasteiger partial charge in [-0.3, -0.25) is 48.5 Å². The fourth-order valence-corrected chi connectivity index (χ4v) is 10.9. The van der Waals surface area contributed by atoms with Crippen molar-refractivity contribution in [2.45, 2.75) is 252 Å². The van der Waals surface area contributed by atoms with Crippen LogP contribution in [0.2, 0.25) is 0 Å². The fraction of sp³-hybridized carbons (Fsp3) is 0.864. The summed E-state index contributed by atoms with van der Waals surface area (Å²) >= 11 is 1.43. The van der Waals surface area contributed by atoms with Crippen LogP contribution in [0.5, 0.6) is 0 Å². The van der Waals surface area contributed by atoms with Crippen LogP contribution in [0.15, 0.2) is 0 Å². The third-order valence-electron chi connectivity index (χ3n) is 17.2. The van der Waals surface area contributed by atoms with Crippen molar-refractivity contribution in [3.05, 3.63) is 0 Å². The molecule has 4 unspecified atom stereocenters. The highest BCUT2D eigenvalue weighted by Gasteiger charge is 2.41. The van der Waals surface area contributed by atoms with Crippen LogP contribution in [0, 0.1) is 49.2 Å². The number of carboxylic acid groups (broad SMARTS) is 1. The van der Waals surface area contributed by atoms with Crippen molar-refractivity contribution in [3.8, 4) is 0 Å². The van der Waals surface area contributed by atoms with Crippen LogP contribution < -0.4 is 42.5 Å². The number of β-lactam (4-membered cyclic amide) rings is 1. The lowest BCUT2D eigenvalue weighted by Crippen LogP contribution is -2.56. The molecule has 10 aliphatic rings. The molecule has 0 radical (unpaired) electrons. The molecule has 10 N–H and O–H groups in total. The Bertz CT molecular complexity index is 2310. The van der Waals surface area contributed by atoms with Gasteiger partial charge < -0.3 is 56.9 Å². The largest absolute Gasteiger partial charge is 0.480 e. The minimum absolute atomic E-state index is 0.00463. The number of rotatable bonds is 2. The number of thioether (sulfide) groups is 1. The standard InChI is InChI=1S/C9H17NO2.C8H15NO.C7H13NO2.C7H13NO.C7H14O2.C6H9NO2.C6H11NO.C6H13N.C5H9NO.C5H8OS/c1-9(2)4-5-10-7(6-9)8(11)12-3;1-8(2)4-3-7(10)9-6-5-8;1-7(2)3-5(6(9)10)8-4-7;1-7(2)3-4-8-6(9)5-7;1-5-6(8)4-9-7(5,2)3;1-6(2)3-4(8)7-5(6)9;1-6(2)3-5(8)7-4-6;1-6(2)3-4-7-5-6;1-5(2)3-4(7)6-5;1-5(2)3-7-4(5)6/h7,10H,4-6H2,1-3H3;3-6H2,1-2H3,(H,9,10);5,8H,3-4H2,1-2H3,(H,9,10);3-5H2,1-2H3,(H,8,9);5-6,8H,4H2,1-3H3;3H2,1-2H3,(H,7,8,9);3-4H2,1-2H3,(H,7,8);7H,3-5H2,1-2H3;3H2,1-2H3,(H,6,7);3H2,1-2H3. The molecule has 0 spiro atoms. The number of carbonyl (C=O) groups excluding carboxylic acids is 8. The zero-order valence-electron chi connectivity index (χ0n) is 58.5. The Kier molecular flexibility index (Phi) is 32.0. The third kappa shape index (κ3) is 33.2. The predicted octanol–water partition coefficient (Wildman–Crippen LogP) is 7.59. The van der Waals surface area contributed by atoms with E-state index in [1.54, 1.807) is 13.8 Å². The second-order valence-corrected chi connectivity index (χ2v) is 33.4. The number of ether oxygens (including phenoxy) is 2. The average Bonchev–Trinajstić information content (AvgIpc) is 2.80. The molecule has 10 heterocycles. The molecule has 0 aliphatic carbocycles. The number of aliphatic hydroxyl groups excluding tert-OH is 1. The molecule has 10 aliphatic heterocycles. The Morgan fingerprint density at radius 1 is 0.534 bits per heavy atom. The van der Waals surface area contributed by atoms with Crippen molar-refractivity contribution >= 4 is 64.3 Å². The van der Waals surface area contributed by atoms with Crippen molar-refractivity contribution in [3.63, 3.8) is 0 Å². The molecule has 0 aromatic heterocycles. The number of amides is 6. The molecule has 0 aromatic carbocycles. The summed E-state index contributed by atoms with van der Waals surface area (Å²) < 4.78 is 10.00. The van der Waals surface area contributed by atoms with E-state index < -0.39 is 11.4 Å². The minimum Gasteiger partial charge on any atom is -0.480 e. The monoisotopic (exact) mass is 1270 g/mol. The molecule has 510 valence electrons. The number of piperidine rings is 2. The smallest absolute Gasteiger partial charge is 0.322 e. The third-order valence-corrected chi connectivity index (χ3v) is 18.9. The number of esters is 1. The van der Waals surface area contributed by atoms with E-state index in [0.717, 1.165) is 77.0 Å². The quantitative estimate of drug-likeness (QED) is 0.0723. The van der Waals surface area contributed by atoms with E-state index in [4.69, 9.17) is 9.84 Å². The van der Waals surface area contributed by atoms with Crippen LogP contribution >= 0.6 is 11.8 Å². The molecule has 6 amide bonds. The van der Waals surface area contributed by atoms with Crippen molar-refractivity contribution in [1.29, 1.82) is 0 Å². The molecule has 88 heavy (non-hydrogen) atoms. The minimum atomic E-state index is -0.731. The van der Waals surface area contributed by atoms with Gasteiger partial charge in [-0.05, 0) is 118 Å². The zero-order valence-corrected chi connectivity index (χ0v) is 59.3. The Hall–Kier alpha value is -4.22. The summed E-state index contributed by atoms with van der Waals surface area (Å²) in [5, 5.41) is 40.9. The number of aliphatic carboxylic acids is 1. The summed E-state index contributed by atoms with van der Waals surface area (Å²) in [5.74, 6) is 0.853. The first-order valence-corrected chi connectivity index (χ1v) is 32.8. The van der Waals surface area contributed by atoms with Crippen LogP contribution in [0.1, 0.15) is 222 Å². The maximum atomic E-state index is 11.2. The number of carboxylic acids is 1. The number of carbonyl (C=O) groups is 9. The van der Waals surface area contributed by atoms with Crippen LogP contribution in [-0.4, -0.2) is 157 Å². The maximum absolute atomic E-state index is 11.2. The Morgan fingerprint density at radius 2 is 1.05 bits per heavy atom. The molecule has 10 saturated heterocycles. The number of hydrogen-bond acceptors (Lipinski definition) is 16. The summed E-state index contributed by atoms with van der Waals surface area (Å²) in [7, 11) is 1.44. The van der Waals surface area contributed by atoms with Gasteiger partial charge in [0.15, 0.2) is 5.12 Å². The SMILES string of the molecule is CC1(C)CC(=O)N1.CC1(C)CC(=O)NC1=O.CC1(C)CCNC(=O)C1.CC1(C)CCNC(=O)CC1.CC1(C)CCNC1.CC1(C)CNC(=O)C1.CC1(C)CNC(C(=O)O)C1.CC1(C)CSC1=O.CC1C(O)COC1(C)C.COC(=O)C1CC(C)(C)CCN1. The lowest BCUT2D eigenvalue weighted by atomic mass is 9.80. The highest BCUT2D eigenvalue weighted by molar-refractivity contribution is 8.15. The predicted molar refractivity (Wildman–Crippen MR) is 349 cm³/mol. The van der Waals surface area contributed by atoms with E-state index in [9.17, 15) is 48.3 Å². The summed E-state index contributed by atoms with van der Waals surface area (Å²) in [6.07, 6.45) is 10.2. The molecule has 10 rings (SSSR count). The number of aliphatic hydroxyl groups is 1. The number of imide groups is 1. The van der Waals surface area contributed by atoms with E-state index in [2.05, 4.69) is 130 Å². The van der Waals surface area contributed by atoms with Crippen LogP contribution in [0.4, 0.5) is 0 Å². The van der Waals surface area contributed by atoms with Gasteiger partial charge in [0.2, 0.25) is 35.4 Å². The number of nitrogens with one attached hydrogen (secondary N) is 8. The lowest BCUT2D eigenvalue weighted by Gasteiger charge is -2.34. The molecule has 0 aromatic rings. The van der Waals surface area contributed by atoms with Crippen molar-refractivity contribution in [2.24, 2.45) is 49.2 Å². The van der Waals surface area contributed by atoms with Gasteiger partial charge in [0.1, 0.15) is 12.1 Å². The van der Waals surface area contributed by atoms with E-state index in [1.807, 2.05) is 48.5 Å². The summed E-state index contributed by atoms with van der Waals surface area (Å²) in [4.78, 5) is 95.8. The van der Waals surface area contributed by atoms with Gasteiger partial charge in [-0.1, -0.05) is 129 Å². The Morgan fingerprint density at radius 3 is 1.28 bits per heavy atom. The topological polar surface area (TPSA) is 309 Å². The zero-order chi connectivity index (χ0) is 68.1. The Labute approximate surface area is 533 Å². The highest BCUT2D eigenvalue weighted by atomic mass is 32.2. The van der Waals surface area contributed by atoms with E-state index in [-0.39, 0.29) is 104 Å². The van der Waals surface area contributed by atoms with Gasteiger partial charge in [0.05, 0.1) is 30.8 Å². The van der Waals surface area contributed by atoms with E-state index in [1.165, 1.54) is 38.4 Å². The molecule has 21 nitrogen and oxygen atoms in total. The van der Waals surface area contributed by atoms with Gasteiger partial charge >= 0.3 is 11.9 Å². The van der Waals surface area contributed by atoms with Crippen LogP contribution in [0.25, 0.3) is 0 Å². The summed E-state index contributed by atoms with van der Waals surface area (Å²) in [5.41, 5.74) is 1.31. The molecule has 0 bridgehead atoms. The summed E-state index contributed by atoms with van der Waals surface area (Å²) in [6.45, 7) is 50.7. The fourth-order valence-electron chi connectivity index (χ4n) is 10.1. The molecule has 10 fully saturated rings. The van der Waals surface area contributed by atoms with Crippen molar-refractivity contribution < 1.29 is 62.8 Å². The van der Waals surface area contributed by atoms with E-state index in [0.29, 0.717) is 54.7 Å². The van der Waals surface area contributed by atoms with Gasteiger partial charge in [0.25, 0.3) is 0 Å². The molecule has 22 heteroatoms. The molecule has 0 saturated carbocycles. The Balaban J connectivity index is 0.000000491. The maximum Gasteiger partial charge on any atom is 0.322 e. The van der Waals surface area contributed by atoms with Crippen LogP contribution in [-0.2, 0) is 52.6 Å². The lowest BCUT2D eigenvalue weighted by molar-refractivity contribution is -0.145. The number of methoxy groups -OCH3 is 1. The highest BCUT2D eigenvalue weighted by Crippen LogP contribution is 2.38.